The Morgan fingerprint density at radius 2 is 1.61 bits per heavy atom. The largest absolute Gasteiger partial charge is 0.496 e. The van der Waals surface area contributed by atoms with E-state index in [1.807, 2.05) is 0 Å². The van der Waals surface area contributed by atoms with Crippen LogP contribution in [0.1, 0.15) is 60.2 Å². The van der Waals surface area contributed by atoms with Crippen LogP contribution in [-0.4, -0.2) is 12.1 Å². The van der Waals surface area contributed by atoms with Gasteiger partial charge < -0.3 is 9.47 Å². The van der Waals surface area contributed by atoms with E-state index < -0.39 is 0 Å². The lowest BCUT2D eigenvalue weighted by atomic mass is 9.92. The Hall–Kier alpha value is -2.81. The monoisotopic (exact) mass is 415 g/mol. The predicted octanol–water partition coefficient (Wildman–Crippen LogP) is 6.65. The molecular formula is C28H33NO2. The Balaban J connectivity index is 1.64. The highest BCUT2D eigenvalue weighted by atomic mass is 16.5. The number of hydrogen-bond acceptors (Lipinski definition) is 3. The summed E-state index contributed by atoms with van der Waals surface area (Å²) in [5.41, 5.74) is 9.76. The van der Waals surface area contributed by atoms with Crippen LogP contribution < -0.4 is 9.47 Å². The summed E-state index contributed by atoms with van der Waals surface area (Å²) in [6.07, 6.45) is 6.87. The standard InChI is InChI=1S/C28H33NO2/c1-5-20-12-9-13-21(6-2)28(20)26-17-27(30-4)25(19(3)29-26)18-31-24-15-14-22-10-7-8-11-23(22)16-24/h9,12-17H,5-8,10-11,18H2,1-4H3. The number of nitrogens with zero attached hydrogens (tertiary/aromatic N) is 1. The summed E-state index contributed by atoms with van der Waals surface area (Å²) in [6.45, 7) is 6.90. The van der Waals surface area contributed by atoms with Gasteiger partial charge in [-0.05, 0) is 79.8 Å². The highest BCUT2D eigenvalue weighted by Gasteiger charge is 2.17. The smallest absolute Gasteiger partial charge is 0.129 e. The van der Waals surface area contributed by atoms with E-state index in [9.17, 15) is 0 Å². The molecule has 3 heteroatoms. The minimum absolute atomic E-state index is 0.455. The summed E-state index contributed by atoms with van der Waals surface area (Å²) in [7, 11) is 1.73. The van der Waals surface area contributed by atoms with Gasteiger partial charge in [0.05, 0.1) is 18.4 Å². The summed E-state index contributed by atoms with van der Waals surface area (Å²) in [5, 5.41) is 0. The van der Waals surface area contributed by atoms with Crippen molar-refractivity contribution in [3.63, 3.8) is 0 Å². The molecule has 0 atom stereocenters. The average molecular weight is 416 g/mol. The number of fused-ring (bicyclic) bond motifs is 1. The van der Waals surface area contributed by atoms with Crippen molar-refractivity contribution in [3.05, 3.63) is 76.0 Å². The molecule has 1 aliphatic rings. The third kappa shape index (κ3) is 4.46. The fourth-order valence-electron chi connectivity index (χ4n) is 4.68. The molecule has 1 aliphatic carbocycles. The highest BCUT2D eigenvalue weighted by molar-refractivity contribution is 5.70. The van der Waals surface area contributed by atoms with Gasteiger partial charge in [0.25, 0.3) is 0 Å². The molecule has 3 aromatic rings. The Morgan fingerprint density at radius 3 is 2.29 bits per heavy atom. The zero-order chi connectivity index (χ0) is 21.8. The van der Waals surface area contributed by atoms with E-state index in [-0.39, 0.29) is 0 Å². The maximum Gasteiger partial charge on any atom is 0.129 e. The van der Waals surface area contributed by atoms with Crippen LogP contribution in [0.5, 0.6) is 11.5 Å². The van der Waals surface area contributed by atoms with Crippen LogP contribution in [-0.2, 0) is 32.3 Å². The van der Waals surface area contributed by atoms with E-state index in [4.69, 9.17) is 14.5 Å². The number of hydrogen-bond donors (Lipinski definition) is 0. The van der Waals surface area contributed by atoms with Crippen molar-refractivity contribution >= 4 is 0 Å². The number of aryl methyl sites for hydroxylation is 5. The molecule has 0 saturated carbocycles. The van der Waals surface area contributed by atoms with E-state index in [1.54, 1.807) is 7.11 Å². The molecule has 0 spiro atoms. The van der Waals surface area contributed by atoms with Gasteiger partial charge in [0.1, 0.15) is 18.1 Å². The van der Waals surface area contributed by atoms with Crippen molar-refractivity contribution in [1.82, 2.24) is 4.98 Å². The molecule has 162 valence electrons. The zero-order valence-electron chi connectivity index (χ0n) is 19.3. The molecule has 0 radical (unpaired) electrons. The second-order valence-electron chi connectivity index (χ2n) is 8.36. The average Bonchev–Trinajstić information content (AvgIpc) is 2.82. The first-order valence-electron chi connectivity index (χ1n) is 11.5. The van der Waals surface area contributed by atoms with Crippen LogP contribution in [0.4, 0.5) is 0 Å². The maximum atomic E-state index is 6.20. The molecule has 1 aromatic heterocycles. The third-order valence-corrected chi connectivity index (χ3v) is 6.47. The molecular weight excluding hydrogens is 382 g/mol. The minimum atomic E-state index is 0.455. The van der Waals surface area contributed by atoms with Crippen molar-refractivity contribution in [2.75, 3.05) is 7.11 Å². The van der Waals surface area contributed by atoms with Gasteiger partial charge in [0.15, 0.2) is 0 Å². The van der Waals surface area contributed by atoms with Crippen LogP contribution >= 0.6 is 0 Å². The Morgan fingerprint density at radius 1 is 0.903 bits per heavy atom. The third-order valence-electron chi connectivity index (χ3n) is 6.47. The van der Waals surface area contributed by atoms with Gasteiger partial charge >= 0.3 is 0 Å². The summed E-state index contributed by atoms with van der Waals surface area (Å²) in [5.74, 6) is 1.77. The topological polar surface area (TPSA) is 31.4 Å². The summed E-state index contributed by atoms with van der Waals surface area (Å²) in [6, 6.07) is 15.2. The first-order valence-corrected chi connectivity index (χ1v) is 11.5. The molecule has 0 fully saturated rings. The number of ether oxygens (including phenoxy) is 2. The van der Waals surface area contributed by atoms with Gasteiger partial charge in [-0.25, -0.2) is 0 Å². The predicted molar refractivity (Wildman–Crippen MR) is 127 cm³/mol. The summed E-state index contributed by atoms with van der Waals surface area (Å²) >= 11 is 0. The van der Waals surface area contributed by atoms with Crippen LogP contribution in [0, 0.1) is 6.92 Å². The Labute approximate surface area is 186 Å². The molecule has 0 bridgehead atoms. The lowest BCUT2D eigenvalue weighted by molar-refractivity contribution is 0.294. The molecule has 31 heavy (non-hydrogen) atoms. The quantitative estimate of drug-likeness (QED) is 0.433. The number of pyridine rings is 1. The van der Waals surface area contributed by atoms with Gasteiger partial charge in [0, 0.05) is 17.3 Å². The molecule has 0 saturated heterocycles. The molecule has 1 heterocycles. The number of benzene rings is 2. The second kappa shape index (κ2) is 9.55. The fourth-order valence-corrected chi connectivity index (χ4v) is 4.68. The first-order chi connectivity index (χ1) is 15.1. The minimum Gasteiger partial charge on any atom is -0.496 e. The van der Waals surface area contributed by atoms with Gasteiger partial charge in [-0.3, -0.25) is 4.98 Å². The lowest BCUT2D eigenvalue weighted by Gasteiger charge is -2.19. The lowest BCUT2D eigenvalue weighted by Crippen LogP contribution is -2.07. The molecule has 0 aliphatic heterocycles. The van der Waals surface area contributed by atoms with Crippen molar-refractivity contribution in [3.8, 4) is 22.8 Å². The van der Waals surface area contributed by atoms with Crippen molar-refractivity contribution in [2.24, 2.45) is 0 Å². The van der Waals surface area contributed by atoms with E-state index >= 15 is 0 Å². The molecule has 4 rings (SSSR count). The van der Waals surface area contributed by atoms with Crippen LogP contribution in [0.2, 0.25) is 0 Å². The van der Waals surface area contributed by atoms with E-state index in [1.165, 1.54) is 47.1 Å². The van der Waals surface area contributed by atoms with Gasteiger partial charge in [-0.2, -0.15) is 0 Å². The second-order valence-corrected chi connectivity index (χ2v) is 8.36. The molecule has 0 amide bonds. The molecule has 3 nitrogen and oxygen atoms in total. The van der Waals surface area contributed by atoms with E-state index in [2.05, 4.69) is 63.2 Å². The van der Waals surface area contributed by atoms with Crippen molar-refractivity contribution < 1.29 is 9.47 Å². The SMILES string of the molecule is CCc1cccc(CC)c1-c1cc(OC)c(COc2ccc3c(c2)CCCC3)c(C)n1. The fraction of sp³-hybridized carbons (Fsp3) is 0.393. The van der Waals surface area contributed by atoms with Crippen molar-refractivity contribution in [2.45, 2.75) is 65.9 Å². The first kappa shape index (κ1) is 21.4. The van der Waals surface area contributed by atoms with Crippen LogP contribution in [0.15, 0.2) is 42.5 Å². The summed E-state index contributed by atoms with van der Waals surface area (Å²) in [4.78, 5) is 4.99. The molecule has 0 N–H and O–H groups in total. The van der Waals surface area contributed by atoms with Crippen LogP contribution in [0.25, 0.3) is 11.3 Å². The van der Waals surface area contributed by atoms with Gasteiger partial charge in [-0.1, -0.05) is 38.1 Å². The van der Waals surface area contributed by atoms with Crippen LogP contribution in [0.3, 0.4) is 0 Å². The summed E-state index contributed by atoms with van der Waals surface area (Å²) < 4.78 is 12.0. The zero-order valence-corrected chi connectivity index (χ0v) is 19.3. The Kier molecular flexibility index (Phi) is 6.60. The number of rotatable bonds is 7. The highest BCUT2D eigenvalue weighted by Crippen LogP contribution is 2.33. The van der Waals surface area contributed by atoms with E-state index in [0.717, 1.165) is 47.7 Å². The van der Waals surface area contributed by atoms with E-state index in [0.29, 0.717) is 6.61 Å². The maximum absolute atomic E-state index is 6.20. The number of aromatic nitrogens is 1. The van der Waals surface area contributed by atoms with Gasteiger partial charge in [-0.15, -0.1) is 0 Å². The molecule has 2 aromatic carbocycles. The van der Waals surface area contributed by atoms with Crippen molar-refractivity contribution in [1.29, 1.82) is 0 Å². The Bertz CT molecular complexity index is 1050. The number of methoxy groups -OCH3 is 1. The molecule has 0 unspecified atom stereocenters. The normalized spacial score (nSPS) is 13.0. The van der Waals surface area contributed by atoms with Gasteiger partial charge in [0.2, 0.25) is 0 Å².